The van der Waals surface area contributed by atoms with Crippen LogP contribution in [0.4, 0.5) is 15.8 Å². The van der Waals surface area contributed by atoms with Crippen LogP contribution in [0.5, 0.6) is 11.5 Å². The van der Waals surface area contributed by atoms with E-state index in [2.05, 4.69) is 20.2 Å². The number of hydrogen-bond acceptors (Lipinski definition) is 8. The van der Waals surface area contributed by atoms with Gasteiger partial charge in [-0.05, 0) is 49.2 Å². The molecule has 0 bridgehead atoms. The van der Waals surface area contributed by atoms with Gasteiger partial charge in [0.15, 0.2) is 11.5 Å². The Labute approximate surface area is 174 Å². The molecule has 2 aromatic rings. The van der Waals surface area contributed by atoms with E-state index in [9.17, 15) is 4.39 Å². The van der Waals surface area contributed by atoms with Crippen LogP contribution in [0.25, 0.3) is 0 Å². The highest BCUT2D eigenvalue weighted by molar-refractivity contribution is 6.06. The van der Waals surface area contributed by atoms with E-state index in [1.165, 1.54) is 12.1 Å². The predicted octanol–water partition coefficient (Wildman–Crippen LogP) is 2.83. The van der Waals surface area contributed by atoms with Gasteiger partial charge in [-0.2, -0.15) is 4.99 Å². The van der Waals surface area contributed by atoms with Gasteiger partial charge in [-0.25, -0.2) is 9.38 Å². The number of nitrogens with one attached hydrogen (secondary N) is 1. The Morgan fingerprint density at radius 3 is 2.40 bits per heavy atom. The number of benzene rings is 2. The van der Waals surface area contributed by atoms with Crippen LogP contribution < -0.4 is 25.4 Å². The lowest BCUT2D eigenvalue weighted by atomic mass is 10.2. The second-order valence-corrected chi connectivity index (χ2v) is 7.03. The normalized spacial score (nSPS) is 18.7. The Kier molecular flexibility index (Phi) is 5.60. The molecule has 3 N–H and O–H groups in total. The molecule has 0 aliphatic carbocycles. The smallest absolute Gasteiger partial charge is 0.222 e. The summed E-state index contributed by atoms with van der Waals surface area (Å²) in [5, 5.41) is 3.38. The molecule has 0 aromatic heterocycles. The summed E-state index contributed by atoms with van der Waals surface area (Å²) < 4.78 is 24.3. The zero-order valence-electron chi connectivity index (χ0n) is 17.0. The minimum atomic E-state index is -0.568. The fourth-order valence-corrected chi connectivity index (χ4v) is 3.65. The third kappa shape index (κ3) is 3.96. The Morgan fingerprint density at radius 1 is 1.03 bits per heavy atom. The summed E-state index contributed by atoms with van der Waals surface area (Å²) in [6, 6.07) is 11.8. The van der Waals surface area contributed by atoms with Crippen molar-refractivity contribution in [3.05, 3.63) is 48.3 Å². The van der Waals surface area contributed by atoms with E-state index in [1.54, 1.807) is 26.4 Å². The number of aliphatic imine (C=N–C) groups is 2. The average Bonchev–Trinajstić information content (AvgIpc) is 3.29. The number of hydrogen-bond donors (Lipinski definition) is 2. The lowest BCUT2D eigenvalue weighted by molar-refractivity contribution is 0.355. The van der Waals surface area contributed by atoms with Gasteiger partial charge in [-0.1, -0.05) is 0 Å². The lowest BCUT2D eigenvalue weighted by Crippen LogP contribution is -2.54. The van der Waals surface area contributed by atoms with Crippen molar-refractivity contribution in [3.63, 3.8) is 0 Å². The van der Waals surface area contributed by atoms with Gasteiger partial charge in [-0.15, -0.1) is 0 Å². The number of halogens is 1. The minimum Gasteiger partial charge on any atom is -0.493 e. The highest BCUT2D eigenvalue weighted by Crippen LogP contribution is 2.31. The van der Waals surface area contributed by atoms with Crippen molar-refractivity contribution in [1.82, 2.24) is 4.90 Å². The van der Waals surface area contributed by atoms with Crippen molar-refractivity contribution < 1.29 is 13.9 Å². The molecule has 2 aliphatic heterocycles. The van der Waals surface area contributed by atoms with Gasteiger partial charge in [0.25, 0.3) is 0 Å². The van der Waals surface area contributed by atoms with E-state index in [0.717, 1.165) is 37.3 Å². The summed E-state index contributed by atoms with van der Waals surface area (Å²) in [7, 11) is 3.17. The maximum atomic E-state index is 13.6. The second-order valence-electron chi connectivity index (χ2n) is 7.03. The van der Waals surface area contributed by atoms with Crippen molar-refractivity contribution in [2.75, 3.05) is 37.5 Å². The molecular weight excluding hydrogens is 387 g/mol. The van der Waals surface area contributed by atoms with Gasteiger partial charge >= 0.3 is 0 Å². The van der Waals surface area contributed by atoms with Crippen LogP contribution in [0, 0.1) is 5.82 Å². The zero-order valence-corrected chi connectivity index (χ0v) is 17.0. The van der Waals surface area contributed by atoms with Crippen LogP contribution in [0.15, 0.2) is 52.4 Å². The quantitative estimate of drug-likeness (QED) is 0.785. The van der Waals surface area contributed by atoms with Crippen LogP contribution in [-0.4, -0.2) is 50.4 Å². The summed E-state index contributed by atoms with van der Waals surface area (Å²) in [5.41, 5.74) is 7.60. The van der Waals surface area contributed by atoms with Gasteiger partial charge in [0.1, 0.15) is 5.82 Å². The summed E-state index contributed by atoms with van der Waals surface area (Å²) in [5.74, 6) is 1.81. The highest BCUT2D eigenvalue weighted by Gasteiger charge is 2.32. The van der Waals surface area contributed by atoms with Crippen LogP contribution in [0.2, 0.25) is 0 Å². The molecule has 1 unspecified atom stereocenters. The molecule has 1 atom stereocenters. The number of methoxy groups -OCH3 is 2. The third-order valence-corrected chi connectivity index (χ3v) is 5.10. The Hall–Kier alpha value is -3.49. The summed E-state index contributed by atoms with van der Waals surface area (Å²) in [4.78, 5) is 13.1. The molecule has 9 heteroatoms. The number of likely N-dealkylation sites (tertiary alicyclic amines) is 1. The summed E-state index contributed by atoms with van der Waals surface area (Å²) in [6.45, 7) is 1.76. The standard InChI is InChI=1S/C21H25FN6O2/c1-29-17-10-7-15(13-18(17)30-2)24-20-25-19(23)26-21(27-11-3-4-12-27)28(20)16-8-5-14(22)6-9-16/h5-10,13,20,24H,3-4,11-12H2,1-2H3,(H2,23,25). The van der Waals surface area contributed by atoms with Crippen LogP contribution in [0.1, 0.15) is 12.8 Å². The number of rotatable bonds is 5. The van der Waals surface area contributed by atoms with E-state index < -0.39 is 6.29 Å². The molecule has 0 radical (unpaired) electrons. The maximum absolute atomic E-state index is 13.6. The van der Waals surface area contributed by atoms with E-state index in [1.807, 2.05) is 23.1 Å². The maximum Gasteiger partial charge on any atom is 0.222 e. The van der Waals surface area contributed by atoms with Gasteiger partial charge < -0.3 is 25.4 Å². The van der Waals surface area contributed by atoms with Gasteiger partial charge in [0.2, 0.25) is 18.2 Å². The zero-order chi connectivity index (χ0) is 21.1. The summed E-state index contributed by atoms with van der Waals surface area (Å²) >= 11 is 0. The molecule has 30 heavy (non-hydrogen) atoms. The van der Waals surface area contributed by atoms with Crippen molar-refractivity contribution in [1.29, 1.82) is 0 Å². The number of nitrogens with two attached hydrogens (primary N) is 1. The number of guanidine groups is 2. The molecular formula is C21H25FN6O2. The van der Waals surface area contributed by atoms with Crippen molar-refractivity contribution in [2.24, 2.45) is 15.7 Å². The first kappa shape index (κ1) is 19.8. The number of ether oxygens (including phenoxy) is 2. The Morgan fingerprint density at radius 2 is 1.73 bits per heavy atom. The average molecular weight is 412 g/mol. The Balaban J connectivity index is 1.70. The van der Waals surface area contributed by atoms with E-state index in [0.29, 0.717) is 17.5 Å². The monoisotopic (exact) mass is 412 g/mol. The molecule has 2 aliphatic rings. The van der Waals surface area contributed by atoms with Crippen LogP contribution >= 0.6 is 0 Å². The van der Waals surface area contributed by atoms with E-state index >= 15 is 0 Å². The van der Waals surface area contributed by atoms with E-state index in [4.69, 9.17) is 15.2 Å². The number of nitrogens with zero attached hydrogens (tertiary/aromatic N) is 4. The Bertz CT molecular complexity index is 956. The molecule has 0 amide bonds. The first-order valence-electron chi connectivity index (χ1n) is 9.79. The SMILES string of the molecule is COc1ccc(NC2N=C(N)N=C(N3CCCC3)N2c2ccc(F)cc2)cc1OC. The second kappa shape index (κ2) is 8.48. The first-order valence-corrected chi connectivity index (χ1v) is 9.79. The fraction of sp³-hybridized carbons (Fsp3) is 0.333. The molecule has 0 spiro atoms. The van der Waals surface area contributed by atoms with Crippen molar-refractivity contribution in [3.8, 4) is 11.5 Å². The minimum absolute atomic E-state index is 0.188. The fourth-order valence-electron chi connectivity index (χ4n) is 3.65. The van der Waals surface area contributed by atoms with E-state index in [-0.39, 0.29) is 11.8 Å². The van der Waals surface area contributed by atoms with Crippen molar-refractivity contribution >= 4 is 23.3 Å². The molecule has 8 nitrogen and oxygen atoms in total. The van der Waals surface area contributed by atoms with Crippen LogP contribution in [0.3, 0.4) is 0 Å². The molecule has 2 aromatic carbocycles. The summed E-state index contributed by atoms with van der Waals surface area (Å²) in [6.07, 6.45) is 1.60. The lowest BCUT2D eigenvalue weighted by Gasteiger charge is -2.38. The molecule has 158 valence electrons. The van der Waals surface area contributed by atoms with Gasteiger partial charge in [0.05, 0.1) is 14.2 Å². The van der Waals surface area contributed by atoms with Crippen LogP contribution in [-0.2, 0) is 0 Å². The first-order chi connectivity index (χ1) is 14.6. The third-order valence-electron chi connectivity index (χ3n) is 5.10. The largest absolute Gasteiger partial charge is 0.493 e. The molecule has 4 rings (SSSR count). The molecule has 2 heterocycles. The predicted molar refractivity (Wildman–Crippen MR) is 116 cm³/mol. The van der Waals surface area contributed by atoms with Crippen molar-refractivity contribution in [2.45, 2.75) is 19.1 Å². The molecule has 1 fully saturated rings. The molecule has 0 saturated carbocycles. The van der Waals surface area contributed by atoms with Gasteiger partial charge in [0, 0.05) is 30.5 Å². The number of anilines is 2. The van der Waals surface area contributed by atoms with Gasteiger partial charge in [-0.3, -0.25) is 4.90 Å². The highest BCUT2D eigenvalue weighted by atomic mass is 19.1. The molecule has 1 saturated heterocycles. The topological polar surface area (TPSA) is 87.7 Å².